The minimum absolute atomic E-state index is 0. The number of nitrogens with one attached hydrogen (secondary N) is 2. The van der Waals surface area contributed by atoms with Gasteiger partial charge in [-0.15, -0.1) is 24.0 Å². The van der Waals surface area contributed by atoms with E-state index in [2.05, 4.69) is 20.6 Å². The van der Waals surface area contributed by atoms with Crippen molar-refractivity contribution in [3.8, 4) is 17.2 Å². The number of hydrogen-bond donors (Lipinski definition) is 2. The van der Waals surface area contributed by atoms with E-state index in [1.807, 2.05) is 30.3 Å². The molecule has 0 unspecified atom stereocenters. The van der Waals surface area contributed by atoms with Crippen LogP contribution in [0.1, 0.15) is 11.3 Å². The molecule has 28 heavy (non-hydrogen) atoms. The maximum atomic E-state index is 13.8. The van der Waals surface area contributed by atoms with E-state index in [-0.39, 0.29) is 29.7 Å². The minimum Gasteiger partial charge on any atom is -0.494 e. The molecule has 0 amide bonds. The molecule has 3 rings (SSSR count). The Morgan fingerprint density at radius 3 is 2.57 bits per heavy atom. The van der Waals surface area contributed by atoms with Gasteiger partial charge in [-0.25, -0.2) is 9.37 Å². The lowest BCUT2D eigenvalue weighted by Crippen LogP contribution is -2.36. The van der Waals surface area contributed by atoms with Crippen LogP contribution < -0.4 is 15.4 Å². The Labute approximate surface area is 180 Å². The fourth-order valence-corrected chi connectivity index (χ4v) is 2.50. The van der Waals surface area contributed by atoms with Crippen molar-refractivity contribution in [3.05, 3.63) is 71.9 Å². The van der Waals surface area contributed by atoms with Gasteiger partial charge in [-0.1, -0.05) is 24.3 Å². The molecule has 0 bridgehead atoms. The lowest BCUT2D eigenvalue weighted by atomic mass is 10.2. The zero-order valence-corrected chi connectivity index (χ0v) is 17.9. The number of ether oxygens (including phenoxy) is 1. The summed E-state index contributed by atoms with van der Waals surface area (Å²) in [7, 11) is 3.11. The van der Waals surface area contributed by atoms with Crippen LogP contribution in [0.2, 0.25) is 0 Å². The average Bonchev–Trinajstić information content (AvgIpc) is 3.18. The number of hydrogen-bond acceptors (Lipinski definition) is 4. The molecular formula is C20H22FIN4O2. The predicted molar refractivity (Wildman–Crippen MR) is 117 cm³/mol. The summed E-state index contributed by atoms with van der Waals surface area (Å²) in [5, 5.41) is 6.29. The van der Waals surface area contributed by atoms with Gasteiger partial charge in [0, 0.05) is 19.2 Å². The smallest absolute Gasteiger partial charge is 0.226 e. The van der Waals surface area contributed by atoms with Crippen molar-refractivity contribution in [2.75, 3.05) is 14.2 Å². The summed E-state index contributed by atoms with van der Waals surface area (Å²) in [6.07, 6.45) is 1.61. The van der Waals surface area contributed by atoms with E-state index in [0.717, 1.165) is 16.8 Å². The van der Waals surface area contributed by atoms with Crippen LogP contribution >= 0.6 is 24.0 Å². The van der Waals surface area contributed by atoms with Gasteiger partial charge in [0.25, 0.3) is 0 Å². The molecule has 6 nitrogen and oxygen atoms in total. The Morgan fingerprint density at radius 2 is 1.89 bits per heavy atom. The zero-order valence-electron chi connectivity index (χ0n) is 15.6. The van der Waals surface area contributed by atoms with Crippen molar-refractivity contribution in [3.63, 3.8) is 0 Å². The van der Waals surface area contributed by atoms with Gasteiger partial charge in [0.2, 0.25) is 5.89 Å². The van der Waals surface area contributed by atoms with E-state index in [0.29, 0.717) is 24.9 Å². The Kier molecular flexibility index (Phi) is 8.24. The largest absolute Gasteiger partial charge is 0.494 e. The highest BCUT2D eigenvalue weighted by Gasteiger charge is 2.08. The molecule has 0 atom stereocenters. The van der Waals surface area contributed by atoms with E-state index >= 15 is 0 Å². The molecule has 0 saturated heterocycles. The molecular weight excluding hydrogens is 474 g/mol. The summed E-state index contributed by atoms with van der Waals surface area (Å²) >= 11 is 0. The number of methoxy groups -OCH3 is 1. The highest BCUT2D eigenvalue weighted by molar-refractivity contribution is 14.0. The van der Waals surface area contributed by atoms with Crippen molar-refractivity contribution >= 4 is 29.9 Å². The van der Waals surface area contributed by atoms with Gasteiger partial charge in [0.15, 0.2) is 17.5 Å². The predicted octanol–water partition coefficient (Wildman–Crippen LogP) is 3.97. The molecule has 0 aliphatic rings. The molecule has 2 aromatic carbocycles. The molecule has 0 fully saturated rings. The Hall–Kier alpha value is -2.62. The van der Waals surface area contributed by atoms with Gasteiger partial charge < -0.3 is 19.8 Å². The highest BCUT2D eigenvalue weighted by atomic mass is 127. The fourth-order valence-electron chi connectivity index (χ4n) is 2.50. The Morgan fingerprint density at radius 1 is 1.14 bits per heavy atom. The first-order valence-electron chi connectivity index (χ1n) is 8.46. The van der Waals surface area contributed by atoms with E-state index in [9.17, 15) is 4.39 Å². The Balaban J connectivity index is 0.00000280. The number of oxazole rings is 1. The second-order valence-electron chi connectivity index (χ2n) is 5.76. The summed E-state index contributed by atoms with van der Waals surface area (Å²) in [5.41, 5.74) is 2.46. The van der Waals surface area contributed by atoms with Gasteiger partial charge in [-0.3, -0.25) is 4.99 Å². The molecule has 2 N–H and O–H groups in total. The van der Waals surface area contributed by atoms with Gasteiger partial charge in [-0.05, 0) is 29.8 Å². The summed E-state index contributed by atoms with van der Waals surface area (Å²) in [4.78, 5) is 8.62. The second kappa shape index (κ2) is 10.6. The van der Waals surface area contributed by atoms with E-state index in [1.165, 1.54) is 13.2 Å². The van der Waals surface area contributed by atoms with Crippen LogP contribution in [0.3, 0.4) is 0 Å². The van der Waals surface area contributed by atoms with E-state index < -0.39 is 5.82 Å². The molecule has 8 heteroatoms. The number of nitrogens with zero attached hydrogens (tertiary/aromatic N) is 2. The molecule has 1 heterocycles. The molecule has 0 spiro atoms. The molecule has 0 radical (unpaired) electrons. The second-order valence-corrected chi connectivity index (χ2v) is 5.76. The molecule has 148 valence electrons. The molecule has 3 aromatic rings. The SMILES string of the molecule is CN=C(NCc1ccc(OC)c(F)c1)NCc1coc(-c2ccccc2)n1.I. The minimum atomic E-state index is -0.393. The third-order valence-corrected chi connectivity index (χ3v) is 3.91. The molecule has 0 saturated carbocycles. The van der Waals surface area contributed by atoms with Crippen LogP contribution in [-0.2, 0) is 13.1 Å². The van der Waals surface area contributed by atoms with E-state index in [4.69, 9.17) is 9.15 Å². The van der Waals surface area contributed by atoms with Crippen molar-refractivity contribution in [1.29, 1.82) is 0 Å². The third-order valence-electron chi connectivity index (χ3n) is 3.91. The number of benzene rings is 2. The van der Waals surface area contributed by atoms with Crippen LogP contribution in [0.25, 0.3) is 11.5 Å². The molecule has 0 aliphatic heterocycles. The number of aromatic nitrogens is 1. The van der Waals surface area contributed by atoms with Crippen LogP contribution in [0.5, 0.6) is 5.75 Å². The van der Waals surface area contributed by atoms with Crippen molar-refractivity contribution < 1.29 is 13.5 Å². The number of aliphatic imine (C=N–C) groups is 1. The van der Waals surface area contributed by atoms with Crippen molar-refractivity contribution in [1.82, 2.24) is 15.6 Å². The highest BCUT2D eigenvalue weighted by Crippen LogP contribution is 2.18. The van der Waals surface area contributed by atoms with Gasteiger partial charge in [0.05, 0.1) is 19.3 Å². The lowest BCUT2D eigenvalue weighted by Gasteiger charge is -2.11. The van der Waals surface area contributed by atoms with Crippen LogP contribution in [0.4, 0.5) is 4.39 Å². The van der Waals surface area contributed by atoms with Crippen LogP contribution in [-0.4, -0.2) is 25.1 Å². The van der Waals surface area contributed by atoms with Gasteiger partial charge >= 0.3 is 0 Å². The molecule has 1 aromatic heterocycles. The standard InChI is InChI=1S/C20H21FN4O2.HI/c1-22-20(23-11-14-8-9-18(26-2)17(21)10-14)24-12-16-13-27-19(25-16)15-6-4-3-5-7-15;/h3-10,13H,11-12H2,1-2H3,(H2,22,23,24);1H. The lowest BCUT2D eigenvalue weighted by molar-refractivity contribution is 0.386. The summed E-state index contributed by atoms with van der Waals surface area (Å²) in [6, 6.07) is 14.5. The summed E-state index contributed by atoms with van der Waals surface area (Å²) < 4.78 is 24.2. The van der Waals surface area contributed by atoms with Crippen LogP contribution in [0, 0.1) is 5.82 Å². The summed E-state index contributed by atoms with van der Waals surface area (Å²) in [5.74, 6) is 0.983. The average molecular weight is 496 g/mol. The first kappa shape index (κ1) is 21.7. The zero-order chi connectivity index (χ0) is 19.1. The number of rotatable bonds is 6. The van der Waals surface area contributed by atoms with Crippen molar-refractivity contribution in [2.45, 2.75) is 13.1 Å². The maximum absolute atomic E-state index is 13.8. The topological polar surface area (TPSA) is 71.7 Å². The van der Waals surface area contributed by atoms with E-state index in [1.54, 1.807) is 25.4 Å². The summed E-state index contributed by atoms with van der Waals surface area (Å²) in [6.45, 7) is 0.877. The third kappa shape index (κ3) is 5.69. The van der Waals surface area contributed by atoms with Crippen molar-refractivity contribution in [2.24, 2.45) is 4.99 Å². The first-order chi connectivity index (χ1) is 13.2. The monoisotopic (exact) mass is 496 g/mol. The maximum Gasteiger partial charge on any atom is 0.226 e. The van der Waals surface area contributed by atoms with Gasteiger partial charge in [-0.2, -0.15) is 0 Å². The number of halogens is 2. The normalized spacial score (nSPS) is 10.9. The van der Waals surface area contributed by atoms with Gasteiger partial charge in [0.1, 0.15) is 6.26 Å². The molecule has 0 aliphatic carbocycles. The first-order valence-corrected chi connectivity index (χ1v) is 8.46. The Bertz CT molecular complexity index is 916. The van der Waals surface area contributed by atoms with Crippen LogP contribution in [0.15, 0.2) is 64.2 Å². The quantitative estimate of drug-likeness (QED) is 0.307. The fraction of sp³-hybridized carbons (Fsp3) is 0.200. The number of guanidine groups is 1.